The Morgan fingerprint density at radius 1 is 1.11 bits per heavy atom. The Kier molecular flexibility index (Phi) is 3.97. The maximum Gasteiger partial charge on any atom is 0.236 e. The SMILES string of the molecule is Nc1ccc(NS(=O)(=O)Cc2ccccc2)cc1Cl. The molecule has 0 aliphatic carbocycles. The fraction of sp³-hybridized carbons (Fsp3) is 0.0769. The van der Waals surface area contributed by atoms with Gasteiger partial charge in [-0.15, -0.1) is 0 Å². The van der Waals surface area contributed by atoms with Crippen molar-refractivity contribution in [3.63, 3.8) is 0 Å². The lowest BCUT2D eigenvalue weighted by atomic mass is 10.2. The zero-order valence-corrected chi connectivity index (χ0v) is 11.6. The van der Waals surface area contributed by atoms with Gasteiger partial charge in [0.2, 0.25) is 10.0 Å². The Labute approximate surface area is 117 Å². The van der Waals surface area contributed by atoms with E-state index in [-0.39, 0.29) is 5.75 Å². The highest BCUT2D eigenvalue weighted by atomic mass is 35.5. The van der Waals surface area contributed by atoms with Crippen molar-refractivity contribution in [1.82, 2.24) is 0 Å². The molecule has 0 radical (unpaired) electrons. The van der Waals surface area contributed by atoms with E-state index in [9.17, 15) is 8.42 Å². The van der Waals surface area contributed by atoms with Gasteiger partial charge in [0.25, 0.3) is 0 Å². The zero-order valence-electron chi connectivity index (χ0n) is 10.0. The van der Waals surface area contributed by atoms with Gasteiger partial charge in [0.1, 0.15) is 0 Å². The van der Waals surface area contributed by atoms with E-state index in [0.29, 0.717) is 16.4 Å². The minimum Gasteiger partial charge on any atom is -0.398 e. The minimum atomic E-state index is -3.47. The molecule has 0 fully saturated rings. The normalized spacial score (nSPS) is 11.2. The van der Waals surface area contributed by atoms with Gasteiger partial charge in [0.15, 0.2) is 0 Å². The molecule has 2 aromatic carbocycles. The molecule has 0 saturated carbocycles. The van der Waals surface area contributed by atoms with E-state index in [4.69, 9.17) is 17.3 Å². The molecular weight excluding hydrogens is 284 g/mol. The minimum absolute atomic E-state index is 0.0875. The molecule has 0 saturated heterocycles. The van der Waals surface area contributed by atoms with Crippen LogP contribution in [0, 0.1) is 0 Å². The average molecular weight is 297 g/mol. The van der Waals surface area contributed by atoms with Crippen LogP contribution in [0.5, 0.6) is 0 Å². The lowest BCUT2D eigenvalue weighted by Crippen LogP contribution is -2.15. The number of anilines is 2. The summed E-state index contributed by atoms with van der Waals surface area (Å²) in [5, 5.41) is 0.319. The lowest BCUT2D eigenvalue weighted by Gasteiger charge is -2.09. The highest BCUT2D eigenvalue weighted by molar-refractivity contribution is 7.91. The highest BCUT2D eigenvalue weighted by Crippen LogP contribution is 2.23. The van der Waals surface area contributed by atoms with Crippen LogP contribution in [-0.2, 0) is 15.8 Å². The lowest BCUT2D eigenvalue weighted by molar-refractivity contribution is 0.600. The van der Waals surface area contributed by atoms with E-state index in [2.05, 4.69) is 4.72 Å². The molecule has 0 amide bonds. The first kappa shape index (κ1) is 13.7. The molecule has 0 heterocycles. The summed E-state index contributed by atoms with van der Waals surface area (Å²) >= 11 is 5.84. The van der Waals surface area contributed by atoms with Gasteiger partial charge < -0.3 is 5.73 Å². The van der Waals surface area contributed by atoms with Crippen LogP contribution >= 0.6 is 11.6 Å². The monoisotopic (exact) mass is 296 g/mol. The number of nitrogens with two attached hydrogens (primary N) is 1. The Balaban J connectivity index is 2.15. The molecule has 0 unspecified atom stereocenters. The maximum absolute atomic E-state index is 12.0. The van der Waals surface area contributed by atoms with E-state index in [1.54, 1.807) is 36.4 Å². The molecular formula is C13H13ClN2O2S. The van der Waals surface area contributed by atoms with Crippen molar-refractivity contribution in [2.75, 3.05) is 10.5 Å². The van der Waals surface area contributed by atoms with Gasteiger partial charge in [0, 0.05) is 0 Å². The second-order valence-corrected chi connectivity index (χ2v) is 6.21. The number of benzene rings is 2. The highest BCUT2D eigenvalue weighted by Gasteiger charge is 2.12. The van der Waals surface area contributed by atoms with E-state index in [0.717, 1.165) is 5.56 Å². The van der Waals surface area contributed by atoms with Crippen molar-refractivity contribution < 1.29 is 8.42 Å². The van der Waals surface area contributed by atoms with Crippen molar-refractivity contribution in [1.29, 1.82) is 0 Å². The van der Waals surface area contributed by atoms with Crippen LogP contribution in [0.15, 0.2) is 48.5 Å². The molecule has 0 aliphatic heterocycles. The molecule has 0 spiro atoms. The van der Waals surface area contributed by atoms with Crippen molar-refractivity contribution in [2.24, 2.45) is 0 Å². The van der Waals surface area contributed by atoms with Gasteiger partial charge in [-0.2, -0.15) is 0 Å². The molecule has 19 heavy (non-hydrogen) atoms. The molecule has 0 aliphatic rings. The predicted octanol–water partition coefficient (Wildman–Crippen LogP) is 2.86. The Morgan fingerprint density at radius 3 is 2.42 bits per heavy atom. The summed E-state index contributed by atoms with van der Waals surface area (Å²) in [6.07, 6.45) is 0. The number of nitrogen functional groups attached to an aromatic ring is 1. The Hall–Kier alpha value is -1.72. The van der Waals surface area contributed by atoms with Crippen LogP contribution in [0.1, 0.15) is 5.56 Å². The largest absolute Gasteiger partial charge is 0.398 e. The molecule has 2 rings (SSSR count). The van der Waals surface area contributed by atoms with Crippen molar-refractivity contribution in [2.45, 2.75) is 5.75 Å². The van der Waals surface area contributed by atoms with Crippen LogP contribution in [0.3, 0.4) is 0 Å². The summed E-state index contributed by atoms with van der Waals surface area (Å²) in [7, 11) is -3.47. The first-order valence-electron chi connectivity index (χ1n) is 5.56. The predicted molar refractivity (Wildman–Crippen MR) is 78.6 cm³/mol. The smallest absolute Gasteiger partial charge is 0.236 e. The molecule has 6 heteroatoms. The fourth-order valence-electron chi connectivity index (χ4n) is 1.60. The van der Waals surface area contributed by atoms with Crippen molar-refractivity contribution in [3.8, 4) is 0 Å². The van der Waals surface area contributed by atoms with Crippen LogP contribution in [0.4, 0.5) is 11.4 Å². The first-order chi connectivity index (χ1) is 8.96. The van der Waals surface area contributed by atoms with Crippen molar-refractivity contribution in [3.05, 3.63) is 59.1 Å². The number of sulfonamides is 1. The third-order valence-corrected chi connectivity index (χ3v) is 4.06. The van der Waals surface area contributed by atoms with E-state index in [1.807, 2.05) is 6.07 Å². The summed E-state index contributed by atoms with van der Waals surface area (Å²) in [6.45, 7) is 0. The summed E-state index contributed by atoms with van der Waals surface area (Å²) in [5.41, 5.74) is 7.09. The van der Waals surface area contributed by atoms with Crippen molar-refractivity contribution >= 4 is 33.0 Å². The number of rotatable bonds is 4. The second kappa shape index (κ2) is 5.50. The van der Waals surface area contributed by atoms with Gasteiger partial charge in [-0.1, -0.05) is 41.9 Å². The third kappa shape index (κ3) is 3.87. The number of nitrogens with one attached hydrogen (secondary N) is 1. The zero-order chi connectivity index (χ0) is 13.9. The van der Waals surface area contributed by atoms with Gasteiger partial charge in [-0.25, -0.2) is 8.42 Å². The maximum atomic E-state index is 12.0. The van der Waals surface area contributed by atoms with E-state index < -0.39 is 10.0 Å². The van der Waals surface area contributed by atoms with Gasteiger partial charge >= 0.3 is 0 Å². The van der Waals surface area contributed by atoms with E-state index in [1.165, 1.54) is 6.07 Å². The first-order valence-corrected chi connectivity index (χ1v) is 7.59. The standard InChI is InChI=1S/C13H13ClN2O2S/c14-12-8-11(6-7-13(12)15)16-19(17,18)9-10-4-2-1-3-5-10/h1-8,16H,9,15H2. The Morgan fingerprint density at radius 2 is 1.79 bits per heavy atom. The van der Waals surface area contributed by atoms with Crippen LogP contribution in [0.2, 0.25) is 5.02 Å². The number of hydrogen-bond acceptors (Lipinski definition) is 3. The topological polar surface area (TPSA) is 72.2 Å². The summed E-state index contributed by atoms with van der Waals surface area (Å²) in [6, 6.07) is 13.6. The Bertz CT molecular complexity index is 672. The van der Waals surface area contributed by atoms with Crippen LogP contribution in [0.25, 0.3) is 0 Å². The second-order valence-electron chi connectivity index (χ2n) is 4.08. The van der Waals surface area contributed by atoms with Gasteiger partial charge in [0.05, 0.1) is 22.2 Å². The number of hydrogen-bond donors (Lipinski definition) is 2. The summed E-state index contributed by atoms with van der Waals surface area (Å²) in [5.74, 6) is -0.0875. The molecule has 2 aromatic rings. The fourth-order valence-corrected chi connectivity index (χ4v) is 2.97. The van der Waals surface area contributed by atoms with Crippen LogP contribution < -0.4 is 10.5 Å². The molecule has 0 bridgehead atoms. The van der Waals surface area contributed by atoms with Gasteiger partial charge in [-0.3, -0.25) is 4.72 Å². The molecule has 0 aromatic heterocycles. The molecule has 0 atom stereocenters. The van der Waals surface area contributed by atoms with Gasteiger partial charge in [-0.05, 0) is 23.8 Å². The quantitative estimate of drug-likeness (QED) is 0.852. The van der Waals surface area contributed by atoms with Crippen LogP contribution in [-0.4, -0.2) is 8.42 Å². The summed E-state index contributed by atoms with van der Waals surface area (Å²) < 4.78 is 26.4. The molecule has 100 valence electrons. The number of halogens is 1. The summed E-state index contributed by atoms with van der Waals surface area (Å²) in [4.78, 5) is 0. The molecule has 3 N–H and O–H groups in total. The average Bonchev–Trinajstić information content (AvgIpc) is 2.34. The molecule has 4 nitrogen and oxygen atoms in total. The van der Waals surface area contributed by atoms with E-state index >= 15 is 0 Å². The third-order valence-electron chi connectivity index (χ3n) is 2.47.